The molecular formula is C23H28N8O3. The third kappa shape index (κ3) is 4.92. The average Bonchev–Trinajstić information content (AvgIpc) is 2.84. The molecule has 2 amide bonds. The zero-order chi connectivity index (χ0) is 24.2. The van der Waals surface area contributed by atoms with Crippen LogP contribution in [0.5, 0.6) is 0 Å². The minimum atomic E-state index is -0.331. The highest BCUT2D eigenvalue weighted by molar-refractivity contribution is 5.94. The van der Waals surface area contributed by atoms with Crippen LogP contribution in [0.4, 0.5) is 22.2 Å². The molecule has 1 fully saturated rings. The lowest BCUT2D eigenvalue weighted by Gasteiger charge is -2.34. The van der Waals surface area contributed by atoms with E-state index in [9.17, 15) is 9.59 Å². The van der Waals surface area contributed by atoms with Crippen LogP contribution in [-0.4, -0.2) is 76.6 Å². The first-order valence-electron chi connectivity index (χ1n) is 11.1. The molecule has 1 aliphatic heterocycles. The third-order valence-electron chi connectivity index (χ3n) is 5.69. The molecule has 2 aromatic heterocycles. The van der Waals surface area contributed by atoms with Gasteiger partial charge < -0.3 is 30.9 Å². The summed E-state index contributed by atoms with van der Waals surface area (Å²) in [7, 11) is 1.94. The van der Waals surface area contributed by atoms with Crippen molar-refractivity contribution in [1.82, 2.24) is 24.8 Å². The number of fused-ring (bicyclic) bond motifs is 1. The predicted molar refractivity (Wildman–Crippen MR) is 129 cm³/mol. The molecule has 11 nitrogen and oxygen atoms in total. The molecule has 4 rings (SSSR count). The van der Waals surface area contributed by atoms with Gasteiger partial charge in [0.1, 0.15) is 5.52 Å². The van der Waals surface area contributed by atoms with Crippen LogP contribution in [0, 0.1) is 0 Å². The molecule has 34 heavy (non-hydrogen) atoms. The van der Waals surface area contributed by atoms with Gasteiger partial charge in [-0.1, -0.05) is 0 Å². The van der Waals surface area contributed by atoms with Crippen molar-refractivity contribution in [3.05, 3.63) is 47.7 Å². The Kier molecular flexibility index (Phi) is 6.62. The van der Waals surface area contributed by atoms with Crippen molar-refractivity contribution in [1.29, 1.82) is 0 Å². The highest BCUT2D eigenvalue weighted by atomic mass is 16.6. The lowest BCUT2D eigenvalue weighted by Crippen LogP contribution is -2.50. The van der Waals surface area contributed by atoms with Crippen LogP contribution in [0.25, 0.3) is 11.0 Å². The number of nitrogens with zero attached hydrogens (tertiary/aromatic N) is 6. The van der Waals surface area contributed by atoms with Crippen LogP contribution >= 0.6 is 0 Å². The van der Waals surface area contributed by atoms with Crippen molar-refractivity contribution < 1.29 is 14.3 Å². The van der Waals surface area contributed by atoms with E-state index in [1.54, 1.807) is 16.7 Å². The van der Waals surface area contributed by atoms with E-state index in [2.05, 4.69) is 15.0 Å². The standard InChI is InChI=1S/C23H28N8O3/c1-3-34-23(33)31-12-10-30(11-13-31)21(32)15-4-7-17(8-5-15)29(2)14-16-6-9-18-19(26-16)20(24)28-22(25)27-18/h4-9H,3,10-14H2,1-2H3,(H4,24,25,27,28). The number of pyridine rings is 1. The van der Waals surface area contributed by atoms with Crippen molar-refractivity contribution in [2.75, 3.05) is 56.2 Å². The molecule has 11 heteroatoms. The number of aromatic nitrogens is 3. The van der Waals surface area contributed by atoms with E-state index in [4.69, 9.17) is 16.2 Å². The van der Waals surface area contributed by atoms with Gasteiger partial charge in [0, 0.05) is 44.5 Å². The molecule has 0 bridgehead atoms. The van der Waals surface area contributed by atoms with E-state index < -0.39 is 0 Å². The van der Waals surface area contributed by atoms with Crippen molar-refractivity contribution in [3.63, 3.8) is 0 Å². The van der Waals surface area contributed by atoms with Crippen molar-refractivity contribution in [2.24, 2.45) is 0 Å². The lowest BCUT2D eigenvalue weighted by molar-refractivity contribution is 0.0570. The summed E-state index contributed by atoms with van der Waals surface area (Å²) < 4.78 is 5.03. The van der Waals surface area contributed by atoms with Crippen LogP contribution in [0.3, 0.4) is 0 Å². The van der Waals surface area contributed by atoms with Gasteiger partial charge in [-0.2, -0.15) is 4.98 Å². The Balaban J connectivity index is 1.38. The van der Waals surface area contributed by atoms with Gasteiger partial charge in [0.15, 0.2) is 5.82 Å². The van der Waals surface area contributed by atoms with E-state index >= 15 is 0 Å². The van der Waals surface area contributed by atoms with Gasteiger partial charge in [0.2, 0.25) is 5.95 Å². The smallest absolute Gasteiger partial charge is 0.409 e. The number of rotatable bonds is 5. The lowest BCUT2D eigenvalue weighted by atomic mass is 10.1. The Bertz CT molecular complexity index is 1190. The number of nitrogen functional groups attached to an aromatic ring is 2. The molecule has 0 saturated carbocycles. The van der Waals surface area contributed by atoms with Crippen LogP contribution in [0.1, 0.15) is 23.0 Å². The van der Waals surface area contributed by atoms with Crippen LogP contribution < -0.4 is 16.4 Å². The van der Waals surface area contributed by atoms with Gasteiger partial charge in [-0.3, -0.25) is 4.79 Å². The Morgan fingerprint density at radius 1 is 0.971 bits per heavy atom. The highest BCUT2D eigenvalue weighted by Gasteiger charge is 2.25. The maximum Gasteiger partial charge on any atom is 0.409 e. The Labute approximate surface area is 197 Å². The van der Waals surface area contributed by atoms with Gasteiger partial charge in [-0.05, 0) is 43.3 Å². The first-order chi connectivity index (χ1) is 16.4. The SMILES string of the molecule is CCOC(=O)N1CCN(C(=O)c2ccc(N(C)Cc3ccc4nc(N)nc(N)c4n3)cc2)CC1. The van der Waals surface area contributed by atoms with Crippen molar-refractivity contribution in [3.8, 4) is 0 Å². The summed E-state index contributed by atoms with van der Waals surface area (Å²) in [4.78, 5) is 42.8. The molecule has 1 aromatic carbocycles. The summed E-state index contributed by atoms with van der Waals surface area (Å²) >= 11 is 0. The third-order valence-corrected chi connectivity index (χ3v) is 5.69. The molecule has 0 atom stereocenters. The van der Waals surface area contributed by atoms with Gasteiger partial charge >= 0.3 is 6.09 Å². The maximum absolute atomic E-state index is 12.9. The van der Waals surface area contributed by atoms with Gasteiger partial charge in [0.05, 0.1) is 24.4 Å². The number of anilines is 3. The van der Waals surface area contributed by atoms with Crippen LogP contribution in [0.2, 0.25) is 0 Å². The number of hydrogen-bond acceptors (Lipinski definition) is 9. The predicted octanol–water partition coefficient (Wildman–Crippen LogP) is 1.74. The topological polar surface area (TPSA) is 144 Å². The number of benzene rings is 1. The molecule has 0 unspecified atom stereocenters. The molecule has 178 valence electrons. The Morgan fingerprint density at radius 3 is 2.32 bits per heavy atom. The molecule has 3 aromatic rings. The second-order valence-corrected chi connectivity index (χ2v) is 8.02. The molecule has 1 saturated heterocycles. The minimum Gasteiger partial charge on any atom is -0.450 e. The number of ether oxygens (including phenoxy) is 1. The van der Waals surface area contributed by atoms with Gasteiger partial charge in [-0.25, -0.2) is 14.8 Å². The number of carbonyl (C=O) groups is 2. The van der Waals surface area contributed by atoms with E-state index in [-0.39, 0.29) is 23.8 Å². The summed E-state index contributed by atoms with van der Waals surface area (Å²) in [5, 5.41) is 0. The largest absolute Gasteiger partial charge is 0.450 e. The Morgan fingerprint density at radius 2 is 1.65 bits per heavy atom. The quantitative estimate of drug-likeness (QED) is 0.577. The van der Waals surface area contributed by atoms with Crippen molar-refractivity contribution >= 4 is 40.5 Å². The summed E-state index contributed by atoms with van der Waals surface area (Å²) in [5.74, 6) is 0.314. The number of carbonyl (C=O) groups excluding carboxylic acids is 2. The average molecular weight is 465 g/mol. The molecular weight excluding hydrogens is 436 g/mol. The van der Waals surface area contributed by atoms with E-state index in [1.807, 2.05) is 48.3 Å². The fraction of sp³-hybridized carbons (Fsp3) is 0.348. The summed E-state index contributed by atoms with van der Waals surface area (Å²) in [6, 6.07) is 11.1. The molecule has 4 N–H and O–H groups in total. The summed E-state index contributed by atoms with van der Waals surface area (Å²) in [6.07, 6.45) is -0.331. The zero-order valence-corrected chi connectivity index (χ0v) is 19.3. The monoisotopic (exact) mass is 464 g/mol. The molecule has 0 radical (unpaired) electrons. The highest BCUT2D eigenvalue weighted by Crippen LogP contribution is 2.20. The fourth-order valence-electron chi connectivity index (χ4n) is 3.87. The maximum atomic E-state index is 12.9. The number of piperazine rings is 1. The van der Waals surface area contributed by atoms with Crippen molar-refractivity contribution in [2.45, 2.75) is 13.5 Å². The second-order valence-electron chi connectivity index (χ2n) is 8.02. The summed E-state index contributed by atoms with van der Waals surface area (Å²) in [6.45, 7) is 4.53. The Hall–Kier alpha value is -4.15. The number of amides is 2. The molecule has 0 aliphatic carbocycles. The summed E-state index contributed by atoms with van der Waals surface area (Å²) in [5.41, 5.74) is 15.0. The van der Waals surface area contributed by atoms with Gasteiger partial charge in [-0.15, -0.1) is 0 Å². The molecule has 3 heterocycles. The normalized spacial score (nSPS) is 13.7. The van der Waals surface area contributed by atoms with Crippen LogP contribution in [0.15, 0.2) is 36.4 Å². The minimum absolute atomic E-state index is 0.0522. The first-order valence-corrected chi connectivity index (χ1v) is 11.1. The first kappa shape index (κ1) is 23.0. The van der Waals surface area contributed by atoms with E-state index in [1.165, 1.54) is 0 Å². The molecule has 0 spiro atoms. The van der Waals surface area contributed by atoms with Gasteiger partial charge in [0.25, 0.3) is 5.91 Å². The second kappa shape index (κ2) is 9.77. The number of hydrogen-bond donors (Lipinski definition) is 2. The van der Waals surface area contributed by atoms with Crippen LogP contribution in [-0.2, 0) is 11.3 Å². The number of nitrogens with two attached hydrogens (primary N) is 2. The zero-order valence-electron chi connectivity index (χ0n) is 19.3. The van der Waals surface area contributed by atoms with E-state index in [0.717, 1.165) is 11.4 Å². The van der Waals surface area contributed by atoms with E-state index in [0.29, 0.717) is 55.9 Å². The molecule has 1 aliphatic rings. The fourth-order valence-corrected chi connectivity index (χ4v) is 3.87.